The Balaban J connectivity index is 2.41. The van der Waals surface area contributed by atoms with Crippen LogP contribution in [0.25, 0.3) is 0 Å². The van der Waals surface area contributed by atoms with Gasteiger partial charge in [0.25, 0.3) is 0 Å². The zero-order valence-corrected chi connectivity index (χ0v) is 11.9. The zero-order valence-electron chi connectivity index (χ0n) is 11.9. The van der Waals surface area contributed by atoms with Crippen LogP contribution in [0.2, 0.25) is 0 Å². The maximum Gasteiger partial charge on any atom is 0.306 e. The van der Waals surface area contributed by atoms with Gasteiger partial charge in [0.05, 0.1) is 0 Å². The van der Waals surface area contributed by atoms with E-state index in [4.69, 9.17) is 4.74 Å². The summed E-state index contributed by atoms with van der Waals surface area (Å²) in [5, 5.41) is 0. The van der Waals surface area contributed by atoms with E-state index in [1.165, 1.54) is 25.7 Å². The Bertz CT molecular complexity index is 237. The summed E-state index contributed by atoms with van der Waals surface area (Å²) in [6.45, 7) is 8.58. The van der Waals surface area contributed by atoms with Gasteiger partial charge in [-0.15, -0.1) is 0 Å². The van der Waals surface area contributed by atoms with Crippen LogP contribution in [0.3, 0.4) is 0 Å². The van der Waals surface area contributed by atoms with E-state index in [1.54, 1.807) is 0 Å². The number of ether oxygens (including phenoxy) is 1. The van der Waals surface area contributed by atoms with Gasteiger partial charge in [0.15, 0.2) is 0 Å². The van der Waals surface area contributed by atoms with Gasteiger partial charge in [0.1, 0.15) is 5.60 Å². The molecule has 1 fully saturated rings. The summed E-state index contributed by atoms with van der Waals surface area (Å²) in [7, 11) is 0. The van der Waals surface area contributed by atoms with E-state index < -0.39 is 0 Å². The first-order valence-electron chi connectivity index (χ1n) is 7.17. The summed E-state index contributed by atoms with van der Waals surface area (Å²) in [4.78, 5) is 11.7. The number of rotatable bonds is 5. The first-order chi connectivity index (χ1) is 7.95. The quantitative estimate of drug-likeness (QED) is 0.669. The van der Waals surface area contributed by atoms with Crippen LogP contribution < -0.4 is 0 Å². The van der Waals surface area contributed by atoms with E-state index in [2.05, 4.69) is 27.7 Å². The summed E-state index contributed by atoms with van der Waals surface area (Å²) < 4.78 is 5.68. The van der Waals surface area contributed by atoms with Crippen molar-refractivity contribution in [3.8, 4) is 0 Å². The van der Waals surface area contributed by atoms with Gasteiger partial charge in [0, 0.05) is 6.42 Å². The molecule has 0 amide bonds. The summed E-state index contributed by atoms with van der Waals surface area (Å²) in [6, 6.07) is 0. The first-order valence-corrected chi connectivity index (χ1v) is 7.17. The highest BCUT2D eigenvalue weighted by Gasteiger charge is 2.35. The Morgan fingerprint density at radius 3 is 2.35 bits per heavy atom. The number of hydrogen-bond donors (Lipinski definition) is 0. The number of carbonyl (C=O) groups is 1. The number of esters is 1. The van der Waals surface area contributed by atoms with Gasteiger partial charge in [-0.05, 0) is 44.9 Å². The lowest BCUT2D eigenvalue weighted by molar-refractivity contribution is -0.163. The van der Waals surface area contributed by atoms with Crippen LogP contribution in [-0.2, 0) is 9.53 Å². The molecular formula is C15H28O2. The van der Waals surface area contributed by atoms with E-state index in [0.29, 0.717) is 12.3 Å². The molecule has 0 aliphatic heterocycles. The molecule has 0 aromatic rings. The zero-order chi connectivity index (χ0) is 12.9. The van der Waals surface area contributed by atoms with E-state index in [-0.39, 0.29) is 11.6 Å². The van der Waals surface area contributed by atoms with Crippen LogP contribution in [0.15, 0.2) is 0 Å². The molecule has 0 radical (unpaired) electrons. The minimum absolute atomic E-state index is 0.0181. The molecule has 2 nitrogen and oxygen atoms in total. The highest BCUT2D eigenvalue weighted by molar-refractivity contribution is 5.69. The highest BCUT2D eigenvalue weighted by atomic mass is 16.6. The van der Waals surface area contributed by atoms with Crippen molar-refractivity contribution in [3.63, 3.8) is 0 Å². The van der Waals surface area contributed by atoms with Crippen molar-refractivity contribution >= 4 is 5.97 Å². The van der Waals surface area contributed by atoms with Crippen LogP contribution in [0, 0.1) is 11.8 Å². The molecule has 0 spiro atoms. The smallest absolute Gasteiger partial charge is 0.306 e. The lowest BCUT2D eigenvalue weighted by Crippen LogP contribution is -2.38. The number of unbranched alkanes of at least 4 members (excludes halogenated alkanes) is 1. The second-order valence-electron chi connectivity index (χ2n) is 6.14. The molecule has 100 valence electrons. The first kappa shape index (κ1) is 14.5. The summed E-state index contributed by atoms with van der Waals surface area (Å²) in [5.41, 5.74) is -0.273. The van der Waals surface area contributed by atoms with Crippen molar-refractivity contribution in [3.05, 3.63) is 0 Å². The van der Waals surface area contributed by atoms with Gasteiger partial charge >= 0.3 is 5.97 Å². The van der Waals surface area contributed by atoms with Gasteiger partial charge < -0.3 is 4.74 Å². The molecule has 2 heteroatoms. The van der Waals surface area contributed by atoms with Crippen molar-refractivity contribution < 1.29 is 9.53 Å². The molecular weight excluding hydrogens is 212 g/mol. The molecule has 0 unspecified atom stereocenters. The highest BCUT2D eigenvalue weighted by Crippen LogP contribution is 2.37. The predicted molar refractivity (Wildman–Crippen MR) is 70.8 cm³/mol. The van der Waals surface area contributed by atoms with Crippen molar-refractivity contribution in [1.29, 1.82) is 0 Å². The van der Waals surface area contributed by atoms with Gasteiger partial charge in [0.2, 0.25) is 0 Å². The molecule has 1 rings (SSSR count). The third-order valence-electron chi connectivity index (χ3n) is 4.11. The Hall–Kier alpha value is -0.530. The van der Waals surface area contributed by atoms with E-state index in [9.17, 15) is 4.79 Å². The average Bonchev–Trinajstić information content (AvgIpc) is 2.26. The largest absolute Gasteiger partial charge is 0.459 e. The third kappa shape index (κ3) is 4.69. The lowest BCUT2D eigenvalue weighted by Gasteiger charge is -2.38. The van der Waals surface area contributed by atoms with Gasteiger partial charge in [-0.1, -0.05) is 33.1 Å². The van der Waals surface area contributed by atoms with Gasteiger partial charge in [-0.3, -0.25) is 4.79 Å². The molecule has 1 saturated carbocycles. The van der Waals surface area contributed by atoms with Gasteiger partial charge in [-0.25, -0.2) is 0 Å². The second-order valence-corrected chi connectivity index (χ2v) is 6.14. The Morgan fingerprint density at radius 2 is 1.82 bits per heavy atom. The molecule has 0 N–H and O–H groups in total. The molecule has 0 aromatic carbocycles. The summed E-state index contributed by atoms with van der Waals surface area (Å²) in [5.74, 6) is 1.37. The van der Waals surface area contributed by atoms with Gasteiger partial charge in [-0.2, -0.15) is 0 Å². The van der Waals surface area contributed by atoms with Crippen LogP contribution in [-0.4, -0.2) is 11.6 Å². The fraction of sp³-hybridized carbons (Fsp3) is 0.933. The fourth-order valence-corrected chi connectivity index (χ4v) is 2.70. The molecule has 0 saturated heterocycles. The Labute approximate surface area is 106 Å². The molecule has 0 bridgehead atoms. The van der Waals surface area contributed by atoms with Crippen molar-refractivity contribution in [2.75, 3.05) is 0 Å². The molecule has 0 aromatic heterocycles. The molecule has 1 aliphatic rings. The molecule has 1 aliphatic carbocycles. The summed E-state index contributed by atoms with van der Waals surface area (Å²) >= 11 is 0. The molecule has 0 atom stereocenters. The van der Waals surface area contributed by atoms with E-state index in [0.717, 1.165) is 18.8 Å². The monoisotopic (exact) mass is 240 g/mol. The summed E-state index contributed by atoms with van der Waals surface area (Å²) in [6.07, 6.45) is 7.53. The Kier molecular flexibility index (Phi) is 5.48. The third-order valence-corrected chi connectivity index (χ3v) is 4.11. The maximum atomic E-state index is 11.7. The predicted octanol–water partition coefficient (Wildman–Crippen LogP) is 4.32. The number of hydrogen-bond acceptors (Lipinski definition) is 2. The van der Waals surface area contributed by atoms with Crippen molar-refractivity contribution in [2.45, 2.75) is 78.2 Å². The van der Waals surface area contributed by atoms with Crippen LogP contribution in [0.4, 0.5) is 0 Å². The minimum Gasteiger partial charge on any atom is -0.459 e. The second kappa shape index (κ2) is 6.42. The SMILES string of the molecule is CCCCC(=O)OC(C)(C)C1CCC(C)CC1. The van der Waals surface area contributed by atoms with Crippen LogP contribution in [0.1, 0.15) is 72.6 Å². The fourth-order valence-electron chi connectivity index (χ4n) is 2.70. The maximum absolute atomic E-state index is 11.7. The number of carbonyl (C=O) groups excluding carboxylic acids is 1. The normalized spacial score (nSPS) is 25.6. The molecule has 17 heavy (non-hydrogen) atoms. The van der Waals surface area contributed by atoms with Crippen molar-refractivity contribution in [1.82, 2.24) is 0 Å². The minimum atomic E-state index is -0.273. The van der Waals surface area contributed by atoms with Crippen LogP contribution >= 0.6 is 0 Å². The van der Waals surface area contributed by atoms with E-state index in [1.807, 2.05) is 0 Å². The molecule has 0 heterocycles. The topological polar surface area (TPSA) is 26.3 Å². The van der Waals surface area contributed by atoms with Crippen LogP contribution in [0.5, 0.6) is 0 Å². The van der Waals surface area contributed by atoms with E-state index >= 15 is 0 Å². The lowest BCUT2D eigenvalue weighted by atomic mass is 9.75. The Morgan fingerprint density at radius 1 is 1.24 bits per heavy atom. The van der Waals surface area contributed by atoms with Crippen molar-refractivity contribution in [2.24, 2.45) is 11.8 Å². The standard InChI is InChI=1S/C15H28O2/c1-5-6-7-14(16)17-15(3,4)13-10-8-12(2)9-11-13/h12-13H,5-11H2,1-4H3. The average molecular weight is 240 g/mol.